The molecule has 1 heterocycles. The van der Waals surface area contributed by atoms with Gasteiger partial charge in [0.15, 0.2) is 6.04 Å². The lowest BCUT2D eigenvalue weighted by Crippen LogP contribution is -2.58. The lowest BCUT2D eigenvalue weighted by Gasteiger charge is -2.26. The average molecular weight is 562 g/mol. The number of carbonyl (C=O) groups excluding carboxylic acids is 4. The van der Waals surface area contributed by atoms with Gasteiger partial charge in [-0.3, -0.25) is 19.2 Å². The van der Waals surface area contributed by atoms with Crippen LogP contribution in [0.2, 0.25) is 0 Å². The van der Waals surface area contributed by atoms with Gasteiger partial charge in [0.25, 0.3) is 0 Å². The Morgan fingerprint density at radius 3 is 2.23 bits per heavy atom. The zero-order chi connectivity index (χ0) is 29.8. The van der Waals surface area contributed by atoms with Crippen LogP contribution < -0.4 is 33.2 Å². The van der Waals surface area contributed by atoms with Crippen LogP contribution in [0.15, 0.2) is 30.5 Å². The molecule has 14 heteroatoms. The SMILES string of the molecule is CC(O)C(NC(=O)C(Cc1c[nH]c2ccccc12)NC(=O)C(CCCCN)NC(=O)C(N)CCC(N)=O)C(=O)O. The van der Waals surface area contributed by atoms with Gasteiger partial charge in [0.2, 0.25) is 23.6 Å². The lowest BCUT2D eigenvalue weighted by atomic mass is 10.0. The molecule has 1 aromatic carbocycles. The van der Waals surface area contributed by atoms with Crippen LogP contribution in [0.4, 0.5) is 0 Å². The molecule has 220 valence electrons. The van der Waals surface area contributed by atoms with Gasteiger partial charge < -0.3 is 48.3 Å². The second kappa shape index (κ2) is 15.5. The van der Waals surface area contributed by atoms with Crippen molar-refractivity contribution in [3.05, 3.63) is 36.0 Å². The quantitative estimate of drug-likeness (QED) is 0.100. The normalized spacial score (nSPS) is 14.9. The van der Waals surface area contributed by atoms with Crippen molar-refractivity contribution in [3.8, 4) is 0 Å². The molecule has 4 amide bonds. The van der Waals surface area contributed by atoms with Gasteiger partial charge in [-0.2, -0.15) is 0 Å². The number of amides is 4. The molecule has 0 saturated carbocycles. The second-order valence-corrected chi connectivity index (χ2v) is 9.65. The third-order valence-corrected chi connectivity index (χ3v) is 6.40. The molecule has 0 saturated heterocycles. The highest BCUT2D eigenvalue weighted by Gasteiger charge is 2.32. The number of aromatic nitrogens is 1. The molecule has 0 fully saturated rings. The number of H-pyrrole nitrogens is 1. The fourth-order valence-electron chi connectivity index (χ4n) is 4.11. The Labute approximate surface area is 231 Å². The minimum Gasteiger partial charge on any atom is -0.480 e. The minimum atomic E-state index is -1.61. The number of carboxylic acid groups (broad SMARTS) is 1. The van der Waals surface area contributed by atoms with Crippen LogP contribution in [-0.4, -0.2) is 81.6 Å². The standard InChI is InChI=1S/C26H39N7O7/c1-14(34)22(26(39)40)33-25(38)20(12-15-13-30-18-7-3-2-6-16(15)18)32-24(37)19(8-4-5-11-27)31-23(36)17(28)9-10-21(29)35/h2-3,6-7,13-14,17,19-20,22,30,34H,4-5,8-12,27-28H2,1H3,(H2,29,35)(H,31,36)(H,32,37)(H,33,38)(H,39,40). The molecule has 12 N–H and O–H groups in total. The molecule has 0 radical (unpaired) electrons. The zero-order valence-electron chi connectivity index (χ0n) is 22.4. The molecule has 14 nitrogen and oxygen atoms in total. The zero-order valence-corrected chi connectivity index (χ0v) is 22.4. The maximum absolute atomic E-state index is 13.4. The summed E-state index contributed by atoms with van der Waals surface area (Å²) in [6.45, 7) is 1.58. The molecule has 5 atom stereocenters. The molecule has 2 aromatic rings. The molecule has 0 aliphatic carbocycles. The molecule has 0 bridgehead atoms. The van der Waals surface area contributed by atoms with Crippen molar-refractivity contribution < 1.29 is 34.2 Å². The number of aliphatic carboxylic acids is 1. The van der Waals surface area contributed by atoms with Crippen molar-refractivity contribution in [3.63, 3.8) is 0 Å². The number of nitrogens with one attached hydrogen (secondary N) is 4. The number of primary amides is 1. The Morgan fingerprint density at radius 2 is 1.60 bits per heavy atom. The Morgan fingerprint density at radius 1 is 0.950 bits per heavy atom. The fraction of sp³-hybridized carbons (Fsp3) is 0.500. The summed E-state index contributed by atoms with van der Waals surface area (Å²) >= 11 is 0. The molecule has 40 heavy (non-hydrogen) atoms. The van der Waals surface area contributed by atoms with Crippen molar-refractivity contribution in [2.24, 2.45) is 17.2 Å². The Kier molecular flexibility index (Phi) is 12.5. The Bertz CT molecular complexity index is 1180. The van der Waals surface area contributed by atoms with E-state index in [0.717, 1.165) is 10.9 Å². The maximum Gasteiger partial charge on any atom is 0.328 e. The molecule has 0 aliphatic rings. The summed E-state index contributed by atoms with van der Waals surface area (Å²) in [5, 5.41) is 27.5. The number of para-hydroxylation sites is 1. The van der Waals surface area contributed by atoms with Gasteiger partial charge in [-0.05, 0) is 50.8 Å². The lowest BCUT2D eigenvalue weighted by molar-refractivity contribution is -0.145. The number of unbranched alkanes of at least 4 members (excludes halogenated alkanes) is 1. The predicted octanol–water partition coefficient (Wildman–Crippen LogP) is -1.65. The summed E-state index contributed by atoms with van der Waals surface area (Å²) in [5.41, 5.74) is 18.0. The predicted molar refractivity (Wildman–Crippen MR) is 146 cm³/mol. The molecule has 1 aromatic heterocycles. The number of benzene rings is 1. The molecule has 5 unspecified atom stereocenters. The third kappa shape index (κ3) is 9.63. The highest BCUT2D eigenvalue weighted by Crippen LogP contribution is 2.19. The van der Waals surface area contributed by atoms with E-state index in [-0.39, 0.29) is 25.7 Å². The van der Waals surface area contributed by atoms with Crippen LogP contribution in [0.25, 0.3) is 10.9 Å². The first-order valence-corrected chi connectivity index (χ1v) is 13.1. The number of fused-ring (bicyclic) bond motifs is 1. The van der Waals surface area contributed by atoms with E-state index in [0.29, 0.717) is 24.9 Å². The number of carbonyl (C=O) groups is 5. The monoisotopic (exact) mass is 561 g/mol. The van der Waals surface area contributed by atoms with Crippen LogP contribution in [0.3, 0.4) is 0 Å². The number of aliphatic hydroxyl groups is 1. The molecule has 0 spiro atoms. The van der Waals surface area contributed by atoms with E-state index in [4.69, 9.17) is 17.2 Å². The van der Waals surface area contributed by atoms with E-state index >= 15 is 0 Å². The van der Waals surface area contributed by atoms with Gasteiger partial charge >= 0.3 is 5.97 Å². The number of aliphatic hydroxyl groups excluding tert-OH is 1. The summed E-state index contributed by atoms with van der Waals surface area (Å²) < 4.78 is 0. The molecule has 0 aliphatic heterocycles. The van der Waals surface area contributed by atoms with E-state index in [1.807, 2.05) is 24.3 Å². The molecule has 2 rings (SSSR count). The number of rotatable bonds is 17. The summed E-state index contributed by atoms with van der Waals surface area (Å²) in [4.78, 5) is 65.0. The number of hydrogen-bond donors (Lipinski definition) is 9. The average Bonchev–Trinajstić information content (AvgIpc) is 3.31. The van der Waals surface area contributed by atoms with Gasteiger partial charge in [-0.15, -0.1) is 0 Å². The number of hydrogen-bond acceptors (Lipinski definition) is 8. The number of nitrogens with two attached hydrogens (primary N) is 3. The minimum absolute atomic E-state index is 0.0141. The highest BCUT2D eigenvalue weighted by molar-refractivity contribution is 5.95. The van der Waals surface area contributed by atoms with Crippen molar-refractivity contribution in [1.29, 1.82) is 0 Å². The van der Waals surface area contributed by atoms with Crippen molar-refractivity contribution in [2.75, 3.05) is 6.54 Å². The van der Waals surface area contributed by atoms with Crippen molar-refractivity contribution in [1.82, 2.24) is 20.9 Å². The van der Waals surface area contributed by atoms with Gasteiger partial charge in [0, 0.05) is 29.9 Å². The van der Waals surface area contributed by atoms with E-state index in [9.17, 15) is 34.2 Å². The first-order valence-electron chi connectivity index (χ1n) is 13.1. The smallest absolute Gasteiger partial charge is 0.328 e. The van der Waals surface area contributed by atoms with E-state index in [2.05, 4.69) is 20.9 Å². The van der Waals surface area contributed by atoms with E-state index in [1.165, 1.54) is 6.92 Å². The Balaban J connectivity index is 2.29. The van der Waals surface area contributed by atoms with Gasteiger partial charge in [-0.1, -0.05) is 18.2 Å². The van der Waals surface area contributed by atoms with Crippen LogP contribution in [0.1, 0.15) is 44.6 Å². The summed E-state index contributed by atoms with van der Waals surface area (Å²) in [6, 6.07) is 2.25. The van der Waals surface area contributed by atoms with Crippen LogP contribution in [0.5, 0.6) is 0 Å². The largest absolute Gasteiger partial charge is 0.480 e. The number of aromatic amines is 1. The Hall–Kier alpha value is -4.01. The molecular formula is C26H39N7O7. The van der Waals surface area contributed by atoms with Crippen LogP contribution in [0, 0.1) is 0 Å². The number of carboxylic acids is 1. The third-order valence-electron chi connectivity index (χ3n) is 6.40. The van der Waals surface area contributed by atoms with Gasteiger partial charge in [0.05, 0.1) is 12.1 Å². The van der Waals surface area contributed by atoms with E-state index < -0.39 is 59.9 Å². The first kappa shape index (κ1) is 32.2. The van der Waals surface area contributed by atoms with Crippen molar-refractivity contribution >= 4 is 40.5 Å². The van der Waals surface area contributed by atoms with Crippen molar-refractivity contribution in [2.45, 2.75) is 75.7 Å². The maximum atomic E-state index is 13.4. The van der Waals surface area contributed by atoms with E-state index in [1.54, 1.807) is 6.20 Å². The summed E-state index contributed by atoms with van der Waals surface area (Å²) in [7, 11) is 0. The topological polar surface area (TPSA) is 256 Å². The van der Waals surface area contributed by atoms with Crippen LogP contribution >= 0.6 is 0 Å². The fourth-order valence-corrected chi connectivity index (χ4v) is 4.11. The first-order chi connectivity index (χ1) is 18.9. The molecular weight excluding hydrogens is 522 g/mol. The second-order valence-electron chi connectivity index (χ2n) is 9.65. The summed E-state index contributed by atoms with van der Waals surface area (Å²) in [6.07, 6.45) is 1.36. The van der Waals surface area contributed by atoms with Crippen LogP contribution in [-0.2, 0) is 30.4 Å². The highest BCUT2D eigenvalue weighted by atomic mass is 16.4. The van der Waals surface area contributed by atoms with Gasteiger partial charge in [0.1, 0.15) is 12.1 Å². The summed E-state index contributed by atoms with van der Waals surface area (Å²) in [5.74, 6) is -4.28. The van der Waals surface area contributed by atoms with Gasteiger partial charge in [-0.25, -0.2) is 4.79 Å².